The SMILES string of the molecule is C[C@@H](CN=CN)Oc1cc(-c2cnc(Nc3cn(C4CCC(N5CCOCC5)CC4)nc3OCCOCC(F)(F)F)nc2)ccc1C#N. The quantitative estimate of drug-likeness (QED) is 0.141. The number of nitriles is 1. The van der Waals surface area contributed by atoms with Crippen molar-refractivity contribution < 1.29 is 32.1 Å². The molecule has 5 rings (SSSR count). The zero-order chi connectivity index (χ0) is 33.9. The summed E-state index contributed by atoms with van der Waals surface area (Å²) in [7, 11) is 0. The smallest absolute Gasteiger partial charge is 0.411 e. The number of aromatic nitrogens is 4. The van der Waals surface area contributed by atoms with E-state index < -0.39 is 12.8 Å². The van der Waals surface area contributed by atoms with Crippen molar-refractivity contribution in [2.24, 2.45) is 10.7 Å². The van der Waals surface area contributed by atoms with Gasteiger partial charge in [-0.3, -0.25) is 14.6 Å². The Balaban J connectivity index is 1.27. The number of hydrogen-bond acceptors (Lipinski definition) is 11. The van der Waals surface area contributed by atoms with E-state index in [1.807, 2.05) is 17.8 Å². The molecule has 16 heteroatoms. The van der Waals surface area contributed by atoms with Gasteiger partial charge in [0, 0.05) is 37.1 Å². The van der Waals surface area contributed by atoms with Crippen LogP contribution < -0.4 is 20.5 Å². The molecule has 3 aromatic rings. The fourth-order valence-corrected chi connectivity index (χ4v) is 5.79. The zero-order valence-corrected chi connectivity index (χ0v) is 26.7. The summed E-state index contributed by atoms with van der Waals surface area (Å²) < 4.78 is 61.3. The van der Waals surface area contributed by atoms with Crippen LogP contribution >= 0.6 is 0 Å². The fourth-order valence-electron chi connectivity index (χ4n) is 5.79. The number of hydrogen-bond donors (Lipinski definition) is 2. The first-order valence-electron chi connectivity index (χ1n) is 15.9. The van der Waals surface area contributed by atoms with Crippen molar-refractivity contribution in [1.82, 2.24) is 24.6 Å². The maximum Gasteiger partial charge on any atom is 0.411 e. The Morgan fingerprint density at radius 3 is 2.54 bits per heavy atom. The minimum Gasteiger partial charge on any atom is -0.487 e. The van der Waals surface area contributed by atoms with Crippen LogP contribution in [0.3, 0.4) is 0 Å². The summed E-state index contributed by atoms with van der Waals surface area (Å²) in [6, 6.07) is 7.99. The van der Waals surface area contributed by atoms with Gasteiger partial charge in [-0.05, 0) is 50.3 Å². The Kier molecular flexibility index (Phi) is 12.0. The average molecular weight is 672 g/mol. The molecule has 13 nitrogen and oxygen atoms in total. The Labute approximate surface area is 276 Å². The number of anilines is 2. The number of rotatable bonds is 14. The van der Waals surface area contributed by atoms with Crippen LogP contribution in [-0.2, 0) is 9.47 Å². The van der Waals surface area contributed by atoms with Gasteiger partial charge in [0.05, 0.1) is 50.5 Å². The van der Waals surface area contributed by atoms with Crippen molar-refractivity contribution in [1.29, 1.82) is 5.26 Å². The molecule has 1 aliphatic heterocycles. The van der Waals surface area contributed by atoms with Gasteiger partial charge in [0.2, 0.25) is 5.95 Å². The van der Waals surface area contributed by atoms with Crippen LogP contribution in [0.15, 0.2) is 41.8 Å². The number of nitrogens with zero attached hydrogens (tertiary/aromatic N) is 7. The molecule has 0 unspecified atom stereocenters. The van der Waals surface area contributed by atoms with Crippen LogP contribution in [0.25, 0.3) is 11.1 Å². The summed E-state index contributed by atoms with van der Waals surface area (Å²) in [6.07, 6.45) is 5.49. The Bertz CT molecular complexity index is 1530. The van der Waals surface area contributed by atoms with Gasteiger partial charge in [0.15, 0.2) is 0 Å². The minimum atomic E-state index is -4.41. The van der Waals surface area contributed by atoms with E-state index in [9.17, 15) is 18.4 Å². The summed E-state index contributed by atoms with van der Waals surface area (Å²) in [4.78, 5) is 15.4. The molecule has 1 aromatic carbocycles. The third-order valence-electron chi connectivity index (χ3n) is 8.16. The molecule has 2 fully saturated rings. The molecule has 3 heterocycles. The standard InChI is InChI=1S/C32H40F3N9O4/c1-22(16-38-21-37)48-29-14-23(2-3-24(29)15-36)25-17-39-31(40-18-25)41-28-19-44(42-30(28)47-13-12-46-20-32(33,34)35)27-6-4-26(5-7-27)43-8-10-45-11-9-43/h2-3,14,17-19,21-22,26-27H,4-13,16,20H2,1H3,(H2,37,38)(H,39,40,41)/t22-,26?,27?/m0/s1. The second-order valence-corrected chi connectivity index (χ2v) is 11.6. The Morgan fingerprint density at radius 2 is 1.85 bits per heavy atom. The van der Waals surface area contributed by atoms with E-state index in [0.29, 0.717) is 35.2 Å². The van der Waals surface area contributed by atoms with E-state index in [4.69, 9.17) is 24.7 Å². The maximum absolute atomic E-state index is 12.5. The first-order chi connectivity index (χ1) is 23.2. The lowest BCUT2D eigenvalue weighted by atomic mass is 9.90. The predicted octanol–water partition coefficient (Wildman–Crippen LogP) is 4.48. The van der Waals surface area contributed by atoms with Crippen molar-refractivity contribution in [3.05, 3.63) is 42.4 Å². The number of ether oxygens (including phenoxy) is 4. The molecule has 1 atom stereocenters. The molecular weight excluding hydrogens is 631 g/mol. The van der Waals surface area contributed by atoms with Crippen molar-refractivity contribution in [2.75, 3.05) is 58.0 Å². The molecule has 1 saturated heterocycles. The van der Waals surface area contributed by atoms with Gasteiger partial charge in [-0.15, -0.1) is 5.10 Å². The number of morpholine rings is 1. The van der Waals surface area contributed by atoms with Crippen LogP contribution in [0.2, 0.25) is 0 Å². The number of nitrogens with one attached hydrogen (secondary N) is 1. The third-order valence-corrected chi connectivity index (χ3v) is 8.16. The highest BCUT2D eigenvalue weighted by Gasteiger charge is 2.29. The molecular formula is C32H40F3N9O4. The summed E-state index contributed by atoms with van der Waals surface area (Å²) in [6.45, 7) is 3.87. The monoisotopic (exact) mass is 671 g/mol. The van der Waals surface area contributed by atoms with Gasteiger partial charge in [0.25, 0.3) is 5.88 Å². The molecule has 0 amide bonds. The molecule has 2 aromatic heterocycles. The largest absolute Gasteiger partial charge is 0.487 e. The van der Waals surface area contributed by atoms with Crippen molar-refractivity contribution in [2.45, 2.75) is 57.0 Å². The molecule has 0 bridgehead atoms. The first kappa shape index (κ1) is 34.9. The van der Waals surface area contributed by atoms with Gasteiger partial charge in [0.1, 0.15) is 36.8 Å². The molecule has 48 heavy (non-hydrogen) atoms. The van der Waals surface area contributed by atoms with Crippen molar-refractivity contribution in [3.8, 4) is 28.8 Å². The Morgan fingerprint density at radius 1 is 1.12 bits per heavy atom. The third kappa shape index (κ3) is 9.78. The van der Waals surface area contributed by atoms with Crippen molar-refractivity contribution >= 4 is 18.0 Å². The van der Waals surface area contributed by atoms with Crippen LogP contribution in [0.5, 0.6) is 11.6 Å². The van der Waals surface area contributed by atoms with Crippen LogP contribution in [0, 0.1) is 11.3 Å². The maximum atomic E-state index is 12.5. The van der Waals surface area contributed by atoms with Crippen LogP contribution in [0.1, 0.15) is 44.2 Å². The zero-order valence-electron chi connectivity index (χ0n) is 26.7. The highest BCUT2D eigenvalue weighted by molar-refractivity contribution is 5.67. The van der Waals surface area contributed by atoms with Crippen LogP contribution in [0.4, 0.5) is 24.8 Å². The summed E-state index contributed by atoms with van der Waals surface area (Å²) >= 11 is 0. The molecule has 0 spiro atoms. The molecule has 258 valence electrons. The highest BCUT2D eigenvalue weighted by atomic mass is 19.4. The second kappa shape index (κ2) is 16.6. The van der Waals surface area contributed by atoms with E-state index in [0.717, 1.165) is 57.6 Å². The minimum absolute atomic E-state index is 0.119. The predicted molar refractivity (Wildman–Crippen MR) is 171 cm³/mol. The van der Waals surface area contributed by atoms with E-state index in [1.54, 1.807) is 30.6 Å². The van der Waals surface area contributed by atoms with Gasteiger partial charge >= 0.3 is 6.18 Å². The lowest BCUT2D eigenvalue weighted by Crippen LogP contribution is -2.45. The Hall–Kier alpha value is -4.46. The number of alkyl halides is 3. The average Bonchev–Trinajstić information content (AvgIpc) is 3.49. The molecule has 1 saturated carbocycles. The lowest BCUT2D eigenvalue weighted by molar-refractivity contribution is -0.175. The fraction of sp³-hybridized carbons (Fsp3) is 0.531. The van der Waals surface area contributed by atoms with Gasteiger partial charge in [-0.2, -0.15) is 18.4 Å². The summed E-state index contributed by atoms with van der Waals surface area (Å²) in [5.41, 5.74) is 7.63. The molecule has 1 aliphatic carbocycles. The normalized spacial score (nSPS) is 19.6. The summed E-state index contributed by atoms with van der Waals surface area (Å²) in [5.74, 6) is 0.894. The number of aliphatic imine (C=N–C) groups is 1. The topological polar surface area (TPSA) is 158 Å². The van der Waals surface area contributed by atoms with E-state index in [1.165, 1.54) is 6.34 Å². The van der Waals surface area contributed by atoms with Gasteiger partial charge in [-0.1, -0.05) is 6.07 Å². The molecule has 3 N–H and O–H groups in total. The number of halogens is 3. The van der Waals surface area contributed by atoms with E-state index >= 15 is 0 Å². The first-order valence-corrected chi connectivity index (χ1v) is 15.9. The number of benzene rings is 1. The summed E-state index contributed by atoms with van der Waals surface area (Å²) in [5, 5.41) is 17.3. The molecule has 2 aliphatic rings. The number of nitrogens with two attached hydrogens (primary N) is 1. The van der Waals surface area contributed by atoms with Gasteiger partial charge < -0.3 is 30.0 Å². The van der Waals surface area contributed by atoms with E-state index in [-0.39, 0.29) is 37.2 Å². The lowest BCUT2D eigenvalue weighted by Gasteiger charge is -2.38. The molecule has 0 radical (unpaired) electrons. The van der Waals surface area contributed by atoms with E-state index in [2.05, 4.69) is 36.3 Å². The highest BCUT2D eigenvalue weighted by Crippen LogP contribution is 2.35. The van der Waals surface area contributed by atoms with Gasteiger partial charge in [-0.25, -0.2) is 9.97 Å². The van der Waals surface area contributed by atoms with Crippen LogP contribution in [-0.4, -0.2) is 102 Å². The second-order valence-electron chi connectivity index (χ2n) is 11.6. The van der Waals surface area contributed by atoms with Crippen molar-refractivity contribution in [3.63, 3.8) is 0 Å².